The summed E-state index contributed by atoms with van der Waals surface area (Å²) in [5, 5.41) is 0. The number of nitrogen functional groups attached to an aromatic ring is 1. The zero-order valence-corrected chi connectivity index (χ0v) is 15.3. The van der Waals surface area contributed by atoms with Crippen molar-refractivity contribution < 1.29 is 18.9 Å². The standard InChI is InChI=1S/C21H22N2O4/c1-24-19-9-8-15(12-20(19)25-2)18-13-17(14-21(22)23-18)27-11-10-26-16-6-4-3-5-7-16/h3-9,12-14H,10-11H2,1-2H3,(H2,22,23). The Kier molecular flexibility index (Phi) is 5.99. The molecule has 0 aliphatic heterocycles. The fourth-order valence-electron chi connectivity index (χ4n) is 2.59. The summed E-state index contributed by atoms with van der Waals surface area (Å²) in [6.07, 6.45) is 0. The molecule has 0 atom stereocenters. The van der Waals surface area contributed by atoms with E-state index in [1.807, 2.05) is 54.6 Å². The summed E-state index contributed by atoms with van der Waals surface area (Å²) in [7, 11) is 3.19. The summed E-state index contributed by atoms with van der Waals surface area (Å²) in [5.41, 5.74) is 7.48. The molecule has 1 aromatic heterocycles. The van der Waals surface area contributed by atoms with Crippen LogP contribution >= 0.6 is 0 Å². The van der Waals surface area contributed by atoms with Gasteiger partial charge in [-0.05, 0) is 30.3 Å². The van der Waals surface area contributed by atoms with Crippen molar-refractivity contribution >= 4 is 5.82 Å². The molecule has 0 unspecified atom stereocenters. The molecule has 0 aliphatic rings. The number of nitrogens with two attached hydrogens (primary N) is 1. The fraction of sp³-hybridized carbons (Fsp3) is 0.190. The van der Waals surface area contributed by atoms with E-state index < -0.39 is 0 Å². The van der Waals surface area contributed by atoms with E-state index in [4.69, 9.17) is 24.7 Å². The Balaban J connectivity index is 1.69. The van der Waals surface area contributed by atoms with Crippen molar-refractivity contribution in [2.45, 2.75) is 0 Å². The first-order valence-electron chi connectivity index (χ1n) is 8.50. The summed E-state index contributed by atoms with van der Waals surface area (Å²) in [6, 6.07) is 18.7. The van der Waals surface area contributed by atoms with E-state index in [0.29, 0.717) is 42.0 Å². The van der Waals surface area contributed by atoms with Crippen LogP contribution in [0, 0.1) is 0 Å². The largest absolute Gasteiger partial charge is 0.493 e. The first kappa shape index (κ1) is 18.4. The van der Waals surface area contributed by atoms with Crippen molar-refractivity contribution in [2.24, 2.45) is 0 Å². The Labute approximate surface area is 158 Å². The van der Waals surface area contributed by atoms with Gasteiger partial charge in [-0.3, -0.25) is 0 Å². The molecule has 0 bridgehead atoms. The predicted octanol–water partition coefficient (Wildman–Crippen LogP) is 3.81. The lowest BCUT2D eigenvalue weighted by molar-refractivity contribution is 0.217. The molecule has 6 heteroatoms. The van der Waals surface area contributed by atoms with Gasteiger partial charge in [0, 0.05) is 17.7 Å². The number of para-hydroxylation sites is 1. The number of nitrogens with zero attached hydrogens (tertiary/aromatic N) is 1. The molecule has 0 amide bonds. The van der Waals surface area contributed by atoms with Gasteiger partial charge in [-0.25, -0.2) is 4.98 Å². The molecule has 2 aromatic carbocycles. The van der Waals surface area contributed by atoms with Gasteiger partial charge < -0.3 is 24.7 Å². The van der Waals surface area contributed by atoms with E-state index >= 15 is 0 Å². The highest BCUT2D eigenvalue weighted by Gasteiger charge is 2.09. The number of methoxy groups -OCH3 is 2. The maximum absolute atomic E-state index is 5.94. The molecule has 3 rings (SSSR count). The highest BCUT2D eigenvalue weighted by atomic mass is 16.5. The predicted molar refractivity (Wildman–Crippen MR) is 105 cm³/mol. The molecule has 0 aliphatic carbocycles. The van der Waals surface area contributed by atoms with E-state index in [0.717, 1.165) is 11.3 Å². The zero-order valence-electron chi connectivity index (χ0n) is 15.3. The number of ether oxygens (including phenoxy) is 4. The van der Waals surface area contributed by atoms with E-state index in [9.17, 15) is 0 Å². The lowest BCUT2D eigenvalue weighted by Gasteiger charge is -2.12. The highest BCUT2D eigenvalue weighted by Crippen LogP contribution is 2.33. The Morgan fingerprint density at radius 3 is 2.19 bits per heavy atom. The van der Waals surface area contributed by atoms with Crippen LogP contribution in [0.2, 0.25) is 0 Å². The minimum atomic E-state index is 0.376. The van der Waals surface area contributed by atoms with Crippen LogP contribution < -0.4 is 24.7 Å². The van der Waals surface area contributed by atoms with Gasteiger partial charge in [-0.15, -0.1) is 0 Å². The number of hydrogen-bond acceptors (Lipinski definition) is 6. The Bertz CT molecular complexity index is 885. The maximum Gasteiger partial charge on any atom is 0.161 e. The highest BCUT2D eigenvalue weighted by molar-refractivity contribution is 5.66. The van der Waals surface area contributed by atoms with Crippen molar-refractivity contribution in [3.05, 3.63) is 60.7 Å². The van der Waals surface area contributed by atoms with Crippen molar-refractivity contribution in [1.29, 1.82) is 0 Å². The molecule has 27 heavy (non-hydrogen) atoms. The Hall–Kier alpha value is -3.41. The molecular weight excluding hydrogens is 344 g/mol. The summed E-state index contributed by atoms with van der Waals surface area (Å²) < 4.78 is 22.0. The van der Waals surface area contributed by atoms with Crippen LogP contribution in [0.4, 0.5) is 5.82 Å². The summed E-state index contributed by atoms with van der Waals surface area (Å²) in [6.45, 7) is 0.821. The van der Waals surface area contributed by atoms with E-state index in [1.165, 1.54) is 0 Å². The third kappa shape index (κ3) is 4.82. The van der Waals surface area contributed by atoms with Crippen LogP contribution in [0.5, 0.6) is 23.0 Å². The number of hydrogen-bond donors (Lipinski definition) is 1. The SMILES string of the molecule is COc1ccc(-c2cc(OCCOc3ccccc3)cc(N)n2)cc1OC. The second-order valence-electron chi connectivity index (χ2n) is 5.69. The molecule has 140 valence electrons. The number of pyridine rings is 1. The molecule has 0 spiro atoms. The second-order valence-corrected chi connectivity index (χ2v) is 5.69. The van der Waals surface area contributed by atoms with Crippen LogP contribution in [0.1, 0.15) is 0 Å². The van der Waals surface area contributed by atoms with E-state index in [1.54, 1.807) is 20.3 Å². The van der Waals surface area contributed by atoms with Crippen LogP contribution in [0.3, 0.4) is 0 Å². The van der Waals surface area contributed by atoms with Gasteiger partial charge in [0.2, 0.25) is 0 Å². The van der Waals surface area contributed by atoms with Gasteiger partial charge in [0.05, 0.1) is 19.9 Å². The van der Waals surface area contributed by atoms with Gasteiger partial charge in [0.1, 0.15) is 30.5 Å². The second kappa shape index (κ2) is 8.80. The van der Waals surface area contributed by atoms with E-state index in [2.05, 4.69) is 4.98 Å². The number of anilines is 1. The molecule has 0 radical (unpaired) electrons. The van der Waals surface area contributed by atoms with Gasteiger partial charge in [0.15, 0.2) is 11.5 Å². The van der Waals surface area contributed by atoms with Gasteiger partial charge in [0.25, 0.3) is 0 Å². The lowest BCUT2D eigenvalue weighted by Crippen LogP contribution is -2.09. The lowest BCUT2D eigenvalue weighted by atomic mass is 10.1. The first-order valence-corrected chi connectivity index (χ1v) is 8.50. The third-order valence-electron chi connectivity index (χ3n) is 3.86. The molecular formula is C21H22N2O4. The summed E-state index contributed by atoms with van der Waals surface area (Å²) in [5.74, 6) is 3.09. The van der Waals surface area contributed by atoms with Crippen molar-refractivity contribution in [1.82, 2.24) is 4.98 Å². The maximum atomic E-state index is 5.94. The average molecular weight is 366 g/mol. The van der Waals surface area contributed by atoms with Crippen LogP contribution in [-0.2, 0) is 0 Å². The molecule has 0 saturated carbocycles. The van der Waals surface area contributed by atoms with Crippen molar-refractivity contribution in [3.63, 3.8) is 0 Å². The van der Waals surface area contributed by atoms with Gasteiger partial charge in [-0.1, -0.05) is 18.2 Å². The first-order chi connectivity index (χ1) is 13.2. The molecule has 3 aromatic rings. The fourth-order valence-corrected chi connectivity index (χ4v) is 2.59. The van der Waals surface area contributed by atoms with Crippen molar-refractivity contribution in [3.8, 4) is 34.3 Å². The Morgan fingerprint density at radius 1 is 0.778 bits per heavy atom. The van der Waals surface area contributed by atoms with E-state index in [-0.39, 0.29) is 0 Å². The minimum absolute atomic E-state index is 0.376. The molecule has 0 fully saturated rings. The number of rotatable bonds is 8. The Morgan fingerprint density at radius 2 is 1.48 bits per heavy atom. The number of benzene rings is 2. The molecule has 2 N–H and O–H groups in total. The zero-order chi connectivity index (χ0) is 19.1. The quantitative estimate of drug-likeness (QED) is 0.611. The van der Waals surface area contributed by atoms with Crippen LogP contribution in [0.25, 0.3) is 11.3 Å². The van der Waals surface area contributed by atoms with Crippen LogP contribution in [-0.4, -0.2) is 32.4 Å². The molecule has 1 heterocycles. The summed E-state index contributed by atoms with van der Waals surface area (Å²) in [4.78, 5) is 4.38. The monoisotopic (exact) mass is 366 g/mol. The van der Waals surface area contributed by atoms with Gasteiger partial charge in [-0.2, -0.15) is 0 Å². The smallest absolute Gasteiger partial charge is 0.161 e. The topological polar surface area (TPSA) is 75.8 Å². The number of aromatic nitrogens is 1. The average Bonchev–Trinajstić information content (AvgIpc) is 2.71. The third-order valence-corrected chi connectivity index (χ3v) is 3.86. The molecule has 6 nitrogen and oxygen atoms in total. The normalized spacial score (nSPS) is 10.3. The van der Waals surface area contributed by atoms with Gasteiger partial charge >= 0.3 is 0 Å². The molecule has 0 saturated heterocycles. The minimum Gasteiger partial charge on any atom is -0.493 e. The van der Waals surface area contributed by atoms with Crippen LogP contribution in [0.15, 0.2) is 60.7 Å². The summed E-state index contributed by atoms with van der Waals surface area (Å²) >= 11 is 0. The van der Waals surface area contributed by atoms with Crippen molar-refractivity contribution in [2.75, 3.05) is 33.2 Å².